The Labute approximate surface area is 123 Å². The van der Waals surface area contributed by atoms with Gasteiger partial charge in [0.15, 0.2) is 0 Å². The third-order valence-electron chi connectivity index (χ3n) is 3.10. The van der Waals surface area contributed by atoms with Crippen LogP contribution in [0.2, 0.25) is 0 Å². The van der Waals surface area contributed by atoms with Crippen molar-refractivity contribution in [3.8, 4) is 11.4 Å². The van der Waals surface area contributed by atoms with E-state index >= 15 is 0 Å². The van der Waals surface area contributed by atoms with E-state index < -0.39 is 10.0 Å². The number of benzene rings is 2. The second-order valence-corrected chi connectivity index (χ2v) is 6.81. The van der Waals surface area contributed by atoms with Gasteiger partial charge in [-0.3, -0.25) is 4.72 Å². The summed E-state index contributed by atoms with van der Waals surface area (Å²) in [6, 6.07) is 13.1. The number of nitrogens with one attached hydrogen (secondary N) is 2. The van der Waals surface area contributed by atoms with Gasteiger partial charge >= 0.3 is 0 Å². The number of anilines is 1. The van der Waals surface area contributed by atoms with Gasteiger partial charge in [-0.15, -0.1) is 0 Å². The molecule has 0 unspecified atom stereocenters. The number of hydrogen-bond donors (Lipinski definition) is 2. The molecule has 0 aliphatic rings. The topological polar surface area (TPSA) is 74.8 Å². The van der Waals surface area contributed by atoms with Crippen LogP contribution in [-0.4, -0.2) is 24.6 Å². The molecule has 1 heterocycles. The molecule has 0 aliphatic carbocycles. The molecule has 0 radical (unpaired) electrons. The number of aromatic nitrogens is 2. The van der Waals surface area contributed by atoms with Gasteiger partial charge in [-0.05, 0) is 48.9 Å². The molecule has 1 aromatic heterocycles. The average Bonchev–Trinajstić information content (AvgIpc) is 2.80. The fourth-order valence-corrected chi connectivity index (χ4v) is 2.73. The number of aromatic amines is 1. The summed E-state index contributed by atoms with van der Waals surface area (Å²) in [6.07, 6.45) is 1.13. The lowest BCUT2D eigenvalue weighted by Gasteiger charge is -2.04. The minimum absolute atomic E-state index is 0.535. The fourth-order valence-electron chi connectivity index (χ4n) is 2.17. The van der Waals surface area contributed by atoms with E-state index in [1.54, 1.807) is 12.1 Å². The van der Waals surface area contributed by atoms with Gasteiger partial charge in [0.1, 0.15) is 5.82 Å². The van der Waals surface area contributed by atoms with Crippen molar-refractivity contribution in [2.45, 2.75) is 6.92 Å². The SMILES string of the molecule is Cc1ccc2nc(-c3ccc(NS(C)(=O)=O)cc3)[nH]c2c1. The van der Waals surface area contributed by atoms with Crippen molar-refractivity contribution in [2.24, 2.45) is 0 Å². The Kier molecular flexibility index (Phi) is 3.17. The maximum Gasteiger partial charge on any atom is 0.229 e. The smallest absolute Gasteiger partial charge is 0.229 e. The summed E-state index contributed by atoms with van der Waals surface area (Å²) >= 11 is 0. The second kappa shape index (κ2) is 4.89. The largest absolute Gasteiger partial charge is 0.338 e. The highest BCUT2D eigenvalue weighted by atomic mass is 32.2. The van der Waals surface area contributed by atoms with E-state index in [0.717, 1.165) is 28.7 Å². The minimum Gasteiger partial charge on any atom is -0.338 e. The van der Waals surface area contributed by atoms with Crippen molar-refractivity contribution in [1.29, 1.82) is 0 Å². The molecule has 21 heavy (non-hydrogen) atoms. The van der Waals surface area contributed by atoms with Gasteiger partial charge in [0.05, 0.1) is 17.3 Å². The van der Waals surface area contributed by atoms with Crippen LogP contribution < -0.4 is 4.72 Å². The van der Waals surface area contributed by atoms with E-state index in [-0.39, 0.29) is 0 Å². The van der Waals surface area contributed by atoms with E-state index in [4.69, 9.17) is 0 Å². The molecule has 2 N–H and O–H groups in total. The van der Waals surface area contributed by atoms with Crippen LogP contribution in [0.3, 0.4) is 0 Å². The predicted octanol–water partition coefficient (Wildman–Crippen LogP) is 2.91. The molecule has 0 atom stereocenters. The lowest BCUT2D eigenvalue weighted by atomic mass is 10.2. The maximum atomic E-state index is 11.2. The first-order valence-electron chi connectivity index (χ1n) is 6.45. The predicted molar refractivity (Wildman–Crippen MR) is 84.7 cm³/mol. The highest BCUT2D eigenvalue weighted by Crippen LogP contribution is 2.22. The lowest BCUT2D eigenvalue weighted by Crippen LogP contribution is -2.09. The van der Waals surface area contributed by atoms with E-state index in [1.807, 2.05) is 37.3 Å². The Hall–Kier alpha value is -2.34. The molecule has 0 fully saturated rings. The van der Waals surface area contributed by atoms with E-state index in [0.29, 0.717) is 5.69 Å². The van der Waals surface area contributed by atoms with Gasteiger partial charge in [-0.1, -0.05) is 6.07 Å². The van der Waals surface area contributed by atoms with Crippen LogP contribution in [0.25, 0.3) is 22.4 Å². The molecule has 5 nitrogen and oxygen atoms in total. The van der Waals surface area contributed by atoms with Crippen LogP contribution in [0.15, 0.2) is 42.5 Å². The Morgan fingerprint density at radius 2 is 1.81 bits per heavy atom. The number of imidazole rings is 1. The quantitative estimate of drug-likeness (QED) is 0.781. The standard InChI is InChI=1S/C15H15N3O2S/c1-10-3-8-13-14(9-10)17-15(16-13)11-4-6-12(7-5-11)18-21(2,19)20/h3-9,18H,1-2H3,(H,16,17). The van der Waals surface area contributed by atoms with E-state index in [9.17, 15) is 8.42 Å². The Morgan fingerprint density at radius 3 is 2.48 bits per heavy atom. The zero-order valence-electron chi connectivity index (χ0n) is 11.7. The summed E-state index contributed by atoms with van der Waals surface area (Å²) in [7, 11) is -3.25. The van der Waals surface area contributed by atoms with Crippen molar-refractivity contribution < 1.29 is 8.42 Å². The first kappa shape index (κ1) is 13.6. The third-order valence-corrected chi connectivity index (χ3v) is 3.71. The summed E-state index contributed by atoms with van der Waals surface area (Å²) < 4.78 is 24.8. The Balaban J connectivity index is 1.95. The molecular formula is C15H15N3O2S. The van der Waals surface area contributed by atoms with Crippen molar-refractivity contribution in [3.63, 3.8) is 0 Å². The number of hydrogen-bond acceptors (Lipinski definition) is 3. The lowest BCUT2D eigenvalue weighted by molar-refractivity contribution is 0.607. The Morgan fingerprint density at radius 1 is 1.10 bits per heavy atom. The minimum atomic E-state index is -3.25. The van der Waals surface area contributed by atoms with Crippen LogP contribution in [-0.2, 0) is 10.0 Å². The van der Waals surface area contributed by atoms with Crippen LogP contribution in [0.4, 0.5) is 5.69 Å². The first-order valence-corrected chi connectivity index (χ1v) is 8.34. The third kappa shape index (κ3) is 3.05. The molecule has 108 valence electrons. The van der Waals surface area contributed by atoms with Crippen molar-refractivity contribution in [1.82, 2.24) is 9.97 Å². The second-order valence-electron chi connectivity index (χ2n) is 5.06. The molecule has 0 aliphatic heterocycles. The average molecular weight is 301 g/mol. The first-order chi connectivity index (χ1) is 9.90. The highest BCUT2D eigenvalue weighted by molar-refractivity contribution is 7.92. The maximum absolute atomic E-state index is 11.2. The van der Waals surface area contributed by atoms with Gasteiger partial charge in [0.2, 0.25) is 10.0 Å². The molecule has 0 bridgehead atoms. The van der Waals surface area contributed by atoms with Crippen molar-refractivity contribution in [3.05, 3.63) is 48.0 Å². The number of sulfonamides is 1. The molecule has 2 aromatic carbocycles. The van der Waals surface area contributed by atoms with Crippen LogP contribution in [0.5, 0.6) is 0 Å². The monoisotopic (exact) mass is 301 g/mol. The van der Waals surface area contributed by atoms with E-state index in [2.05, 4.69) is 14.7 Å². The zero-order valence-corrected chi connectivity index (χ0v) is 12.5. The normalized spacial score (nSPS) is 11.7. The zero-order chi connectivity index (χ0) is 15.0. The summed E-state index contributed by atoms with van der Waals surface area (Å²) in [4.78, 5) is 7.80. The Bertz CT molecular complexity index is 896. The number of fused-ring (bicyclic) bond motifs is 1. The number of aryl methyl sites for hydroxylation is 1. The molecule has 3 aromatic rings. The summed E-state index contributed by atoms with van der Waals surface area (Å²) in [5, 5.41) is 0. The molecule has 0 saturated heterocycles. The van der Waals surface area contributed by atoms with Gasteiger partial charge < -0.3 is 4.98 Å². The van der Waals surface area contributed by atoms with Gasteiger partial charge in [-0.2, -0.15) is 0 Å². The van der Waals surface area contributed by atoms with E-state index in [1.165, 1.54) is 5.56 Å². The summed E-state index contributed by atoms with van der Waals surface area (Å²) in [5.74, 6) is 0.765. The molecule has 0 amide bonds. The molecular weight excluding hydrogens is 286 g/mol. The highest BCUT2D eigenvalue weighted by Gasteiger charge is 2.06. The molecule has 0 saturated carbocycles. The number of rotatable bonds is 3. The van der Waals surface area contributed by atoms with Crippen molar-refractivity contribution >= 4 is 26.7 Å². The molecule has 0 spiro atoms. The number of H-pyrrole nitrogens is 1. The van der Waals surface area contributed by atoms with Gasteiger partial charge in [0, 0.05) is 11.3 Å². The molecule has 6 heteroatoms. The van der Waals surface area contributed by atoms with Crippen LogP contribution in [0, 0.1) is 6.92 Å². The fraction of sp³-hybridized carbons (Fsp3) is 0.133. The van der Waals surface area contributed by atoms with Gasteiger partial charge in [-0.25, -0.2) is 13.4 Å². The number of nitrogens with zero attached hydrogens (tertiary/aromatic N) is 1. The summed E-state index contributed by atoms with van der Waals surface area (Å²) in [6.45, 7) is 2.03. The molecule has 3 rings (SSSR count). The summed E-state index contributed by atoms with van der Waals surface area (Å²) in [5.41, 5.74) is 4.51. The van der Waals surface area contributed by atoms with Crippen molar-refractivity contribution in [2.75, 3.05) is 11.0 Å². The van der Waals surface area contributed by atoms with Crippen LogP contribution in [0.1, 0.15) is 5.56 Å². The van der Waals surface area contributed by atoms with Gasteiger partial charge in [0.25, 0.3) is 0 Å². The van der Waals surface area contributed by atoms with Crippen LogP contribution >= 0.6 is 0 Å².